The quantitative estimate of drug-likeness (QED) is 0.339. The van der Waals surface area contributed by atoms with Gasteiger partial charge in [0, 0.05) is 11.1 Å². The van der Waals surface area contributed by atoms with Crippen LogP contribution in [-0.4, -0.2) is 18.4 Å². The molecule has 0 saturated carbocycles. The first-order chi connectivity index (χ1) is 13.1. The Hall–Kier alpha value is -3.40. The van der Waals surface area contributed by atoms with Crippen LogP contribution in [0.2, 0.25) is 0 Å². The summed E-state index contributed by atoms with van der Waals surface area (Å²) in [4.78, 5) is 23.9. The number of rotatable bonds is 6. The molecule has 0 aliphatic heterocycles. The summed E-state index contributed by atoms with van der Waals surface area (Å²) in [6, 6.07) is 18.1. The normalized spacial score (nSPS) is 10.9. The molecule has 0 bridgehead atoms. The number of hydrogen-bond acceptors (Lipinski definition) is 4. The first-order valence-electron chi connectivity index (χ1n) is 8.73. The highest BCUT2D eigenvalue weighted by atomic mass is 16.5. The molecule has 0 aliphatic carbocycles. The van der Waals surface area contributed by atoms with Gasteiger partial charge >= 0.3 is 5.97 Å². The lowest BCUT2D eigenvalue weighted by atomic mass is 10.1. The Morgan fingerprint density at radius 3 is 2.26 bits per heavy atom. The van der Waals surface area contributed by atoms with Crippen molar-refractivity contribution < 1.29 is 18.7 Å². The third-order valence-corrected chi connectivity index (χ3v) is 4.04. The van der Waals surface area contributed by atoms with Crippen molar-refractivity contribution in [3.63, 3.8) is 0 Å². The maximum Gasteiger partial charge on any atom is 0.338 e. The van der Waals surface area contributed by atoms with Crippen molar-refractivity contribution in [3.8, 4) is 11.3 Å². The van der Waals surface area contributed by atoms with Crippen molar-refractivity contribution in [2.45, 2.75) is 13.8 Å². The standard InChI is InChI=1S/C23H20O4/c1-3-26-23(25)19-10-8-18(9-11-19)22-15-13-20(27-22)12-14-21(24)17-6-4-16(2)5-7-17/h4-15H,3H2,1-2H3. The van der Waals surface area contributed by atoms with Crippen LogP contribution in [0.3, 0.4) is 0 Å². The molecule has 0 spiro atoms. The van der Waals surface area contributed by atoms with Gasteiger partial charge in [-0.15, -0.1) is 0 Å². The van der Waals surface area contributed by atoms with E-state index < -0.39 is 0 Å². The van der Waals surface area contributed by atoms with Crippen LogP contribution in [0.1, 0.15) is 39.0 Å². The van der Waals surface area contributed by atoms with Gasteiger partial charge in [0.05, 0.1) is 12.2 Å². The molecular formula is C23H20O4. The van der Waals surface area contributed by atoms with Crippen molar-refractivity contribution in [1.82, 2.24) is 0 Å². The summed E-state index contributed by atoms with van der Waals surface area (Å²) in [6.45, 7) is 4.09. The zero-order valence-electron chi connectivity index (χ0n) is 15.3. The van der Waals surface area contributed by atoms with Gasteiger partial charge in [-0.25, -0.2) is 4.79 Å². The smallest absolute Gasteiger partial charge is 0.338 e. The second-order valence-corrected chi connectivity index (χ2v) is 6.06. The maximum atomic E-state index is 12.2. The highest BCUT2D eigenvalue weighted by Crippen LogP contribution is 2.23. The van der Waals surface area contributed by atoms with Gasteiger partial charge in [0.2, 0.25) is 0 Å². The summed E-state index contributed by atoms with van der Waals surface area (Å²) in [5.41, 5.74) is 3.09. The first-order valence-corrected chi connectivity index (χ1v) is 8.73. The van der Waals surface area contributed by atoms with Crippen molar-refractivity contribution in [2.75, 3.05) is 6.61 Å². The van der Waals surface area contributed by atoms with Crippen molar-refractivity contribution in [1.29, 1.82) is 0 Å². The van der Waals surface area contributed by atoms with E-state index in [-0.39, 0.29) is 11.8 Å². The minimum absolute atomic E-state index is 0.0771. The number of allylic oxidation sites excluding steroid dienone is 1. The number of aryl methyl sites for hydroxylation is 1. The molecule has 0 atom stereocenters. The third kappa shape index (κ3) is 4.61. The SMILES string of the molecule is CCOC(=O)c1ccc(-c2ccc(C=CC(=O)c3ccc(C)cc3)o2)cc1. The average molecular weight is 360 g/mol. The van der Waals surface area contributed by atoms with Gasteiger partial charge in [-0.05, 0) is 50.3 Å². The molecule has 0 amide bonds. The molecule has 0 fully saturated rings. The Bertz CT molecular complexity index is 960. The van der Waals surface area contributed by atoms with Gasteiger partial charge < -0.3 is 9.15 Å². The number of ketones is 1. The summed E-state index contributed by atoms with van der Waals surface area (Å²) in [5, 5.41) is 0. The van der Waals surface area contributed by atoms with Crippen LogP contribution in [0.4, 0.5) is 0 Å². The molecule has 3 rings (SSSR count). The minimum atomic E-state index is -0.346. The minimum Gasteiger partial charge on any atom is -0.462 e. The van der Waals surface area contributed by atoms with Crippen LogP contribution in [0.25, 0.3) is 17.4 Å². The summed E-state index contributed by atoms with van der Waals surface area (Å²) in [6.07, 6.45) is 3.15. The van der Waals surface area contributed by atoms with Crippen LogP contribution in [0.5, 0.6) is 0 Å². The monoisotopic (exact) mass is 360 g/mol. The van der Waals surface area contributed by atoms with Crippen LogP contribution >= 0.6 is 0 Å². The molecule has 0 aliphatic rings. The molecule has 3 aromatic rings. The Kier molecular flexibility index (Phi) is 5.67. The van der Waals surface area contributed by atoms with Gasteiger partial charge in [-0.2, -0.15) is 0 Å². The summed E-state index contributed by atoms with van der Waals surface area (Å²) in [5.74, 6) is 0.821. The van der Waals surface area contributed by atoms with Crippen LogP contribution in [0.15, 0.2) is 71.2 Å². The van der Waals surface area contributed by atoms with Gasteiger partial charge in [-0.1, -0.05) is 42.0 Å². The second kappa shape index (κ2) is 8.32. The topological polar surface area (TPSA) is 56.5 Å². The van der Waals surface area contributed by atoms with E-state index in [9.17, 15) is 9.59 Å². The van der Waals surface area contributed by atoms with Crippen LogP contribution < -0.4 is 0 Å². The third-order valence-electron chi connectivity index (χ3n) is 4.04. The Labute approximate surface area is 158 Å². The molecule has 1 aromatic heterocycles. The largest absolute Gasteiger partial charge is 0.462 e. The highest BCUT2D eigenvalue weighted by Gasteiger charge is 2.08. The molecular weight excluding hydrogens is 340 g/mol. The van der Waals surface area contributed by atoms with Crippen molar-refractivity contribution in [2.24, 2.45) is 0 Å². The first kappa shape index (κ1) is 18.4. The predicted octanol–water partition coefficient (Wildman–Crippen LogP) is 5.33. The molecule has 0 unspecified atom stereocenters. The number of esters is 1. The number of carbonyl (C=O) groups is 2. The molecule has 0 saturated heterocycles. The van der Waals surface area contributed by atoms with E-state index in [1.165, 1.54) is 6.08 Å². The number of benzene rings is 2. The fourth-order valence-electron chi connectivity index (χ4n) is 2.55. The zero-order valence-corrected chi connectivity index (χ0v) is 15.3. The number of carbonyl (C=O) groups excluding carboxylic acids is 2. The van der Waals surface area contributed by atoms with E-state index in [0.29, 0.717) is 29.3 Å². The van der Waals surface area contributed by atoms with Crippen molar-refractivity contribution >= 4 is 17.8 Å². The maximum absolute atomic E-state index is 12.2. The Morgan fingerprint density at radius 2 is 1.59 bits per heavy atom. The predicted molar refractivity (Wildman–Crippen MR) is 105 cm³/mol. The van der Waals surface area contributed by atoms with E-state index in [4.69, 9.17) is 9.15 Å². The van der Waals surface area contributed by atoms with Gasteiger partial charge in [0.15, 0.2) is 5.78 Å². The molecule has 0 N–H and O–H groups in total. The average Bonchev–Trinajstić information content (AvgIpc) is 3.16. The molecule has 27 heavy (non-hydrogen) atoms. The Balaban J connectivity index is 1.70. The highest BCUT2D eigenvalue weighted by molar-refractivity contribution is 6.06. The lowest BCUT2D eigenvalue weighted by Crippen LogP contribution is -2.03. The fourth-order valence-corrected chi connectivity index (χ4v) is 2.55. The van der Waals surface area contributed by atoms with Gasteiger partial charge in [-0.3, -0.25) is 4.79 Å². The van der Waals surface area contributed by atoms with Crippen LogP contribution in [-0.2, 0) is 4.74 Å². The van der Waals surface area contributed by atoms with E-state index >= 15 is 0 Å². The second-order valence-electron chi connectivity index (χ2n) is 6.06. The van der Waals surface area contributed by atoms with E-state index in [1.54, 1.807) is 55.5 Å². The number of furan rings is 1. The van der Waals surface area contributed by atoms with E-state index in [2.05, 4.69) is 0 Å². The molecule has 136 valence electrons. The summed E-state index contributed by atoms with van der Waals surface area (Å²) >= 11 is 0. The zero-order chi connectivity index (χ0) is 19.2. The molecule has 2 aromatic carbocycles. The molecule has 4 nitrogen and oxygen atoms in total. The molecule has 0 radical (unpaired) electrons. The van der Waals surface area contributed by atoms with E-state index in [1.807, 2.05) is 25.1 Å². The van der Waals surface area contributed by atoms with Gasteiger partial charge in [0.25, 0.3) is 0 Å². The lowest BCUT2D eigenvalue weighted by molar-refractivity contribution is 0.0526. The fraction of sp³-hybridized carbons (Fsp3) is 0.130. The van der Waals surface area contributed by atoms with Gasteiger partial charge in [0.1, 0.15) is 11.5 Å². The molecule has 4 heteroatoms. The lowest BCUT2D eigenvalue weighted by Gasteiger charge is -2.02. The molecule has 1 heterocycles. The summed E-state index contributed by atoms with van der Waals surface area (Å²) in [7, 11) is 0. The van der Waals surface area contributed by atoms with Crippen LogP contribution in [0, 0.1) is 6.92 Å². The van der Waals surface area contributed by atoms with E-state index in [0.717, 1.165) is 11.1 Å². The summed E-state index contributed by atoms with van der Waals surface area (Å²) < 4.78 is 10.7. The van der Waals surface area contributed by atoms with Crippen molar-refractivity contribution in [3.05, 3.63) is 89.2 Å². The number of hydrogen-bond donors (Lipinski definition) is 0. The Morgan fingerprint density at radius 1 is 0.926 bits per heavy atom. The number of ether oxygens (including phenoxy) is 1.